The van der Waals surface area contributed by atoms with Gasteiger partial charge in [0, 0.05) is 13.0 Å². The fourth-order valence-corrected chi connectivity index (χ4v) is 2.59. The number of hydrogen-bond donors (Lipinski definition) is 2. The van der Waals surface area contributed by atoms with Crippen LogP contribution in [0.4, 0.5) is 4.39 Å². The second-order valence-corrected chi connectivity index (χ2v) is 6.00. The van der Waals surface area contributed by atoms with E-state index in [9.17, 15) is 19.1 Å². The monoisotopic (exact) mass is 359 g/mol. The minimum Gasteiger partial charge on any atom is -0.494 e. The van der Waals surface area contributed by atoms with Crippen molar-refractivity contribution in [2.75, 3.05) is 13.7 Å². The number of carbonyl (C=O) groups excluding carboxylic acids is 1. The molecule has 0 fully saturated rings. The van der Waals surface area contributed by atoms with E-state index in [1.165, 1.54) is 19.2 Å². The van der Waals surface area contributed by atoms with Gasteiger partial charge in [0.15, 0.2) is 11.6 Å². The highest BCUT2D eigenvalue weighted by molar-refractivity contribution is 5.77. The van der Waals surface area contributed by atoms with Gasteiger partial charge >= 0.3 is 5.97 Å². The summed E-state index contributed by atoms with van der Waals surface area (Å²) < 4.78 is 18.5. The Morgan fingerprint density at radius 2 is 1.88 bits per heavy atom. The zero-order valence-corrected chi connectivity index (χ0v) is 14.6. The third-order valence-electron chi connectivity index (χ3n) is 4.08. The molecule has 2 aromatic carbocycles. The number of carbonyl (C=O) groups is 2. The molecule has 0 spiro atoms. The Morgan fingerprint density at radius 1 is 1.15 bits per heavy atom. The Morgan fingerprint density at radius 3 is 2.50 bits per heavy atom. The van der Waals surface area contributed by atoms with E-state index in [2.05, 4.69) is 5.32 Å². The number of ether oxygens (including phenoxy) is 1. The highest BCUT2D eigenvalue weighted by atomic mass is 19.1. The van der Waals surface area contributed by atoms with E-state index < -0.39 is 17.7 Å². The molecule has 2 N–H and O–H groups in total. The van der Waals surface area contributed by atoms with Gasteiger partial charge in [0.2, 0.25) is 5.91 Å². The van der Waals surface area contributed by atoms with Crippen LogP contribution in [0.3, 0.4) is 0 Å². The van der Waals surface area contributed by atoms with E-state index in [0.717, 1.165) is 5.56 Å². The molecule has 0 aliphatic heterocycles. The SMILES string of the molecule is COc1ccc(CCC(=O)NC[C@@H](Cc2ccccc2)C(=O)O)cc1F. The van der Waals surface area contributed by atoms with Gasteiger partial charge in [0.25, 0.3) is 0 Å². The first-order valence-corrected chi connectivity index (χ1v) is 8.35. The molecule has 0 aliphatic rings. The molecule has 1 atom stereocenters. The first-order valence-electron chi connectivity index (χ1n) is 8.35. The van der Waals surface area contributed by atoms with Gasteiger partial charge in [-0.2, -0.15) is 0 Å². The minimum absolute atomic E-state index is 0.0556. The molecular weight excluding hydrogens is 337 g/mol. The van der Waals surface area contributed by atoms with Gasteiger partial charge in [-0.3, -0.25) is 9.59 Å². The van der Waals surface area contributed by atoms with Gasteiger partial charge in [-0.25, -0.2) is 4.39 Å². The first-order chi connectivity index (χ1) is 12.5. The van der Waals surface area contributed by atoms with Gasteiger partial charge in [-0.1, -0.05) is 36.4 Å². The molecule has 0 unspecified atom stereocenters. The van der Waals surface area contributed by atoms with Crippen LogP contribution in [-0.2, 0) is 22.4 Å². The minimum atomic E-state index is -0.952. The molecule has 0 saturated heterocycles. The van der Waals surface area contributed by atoms with E-state index in [1.54, 1.807) is 6.07 Å². The number of halogens is 1. The van der Waals surface area contributed by atoms with Crippen LogP contribution in [0.15, 0.2) is 48.5 Å². The molecule has 6 heteroatoms. The molecule has 1 amide bonds. The summed E-state index contributed by atoms with van der Waals surface area (Å²) in [6.07, 6.45) is 0.868. The third-order valence-corrected chi connectivity index (χ3v) is 4.08. The summed E-state index contributed by atoms with van der Waals surface area (Å²) in [7, 11) is 1.39. The van der Waals surface area contributed by atoms with Crippen LogP contribution >= 0.6 is 0 Å². The van der Waals surface area contributed by atoms with Crippen molar-refractivity contribution in [1.29, 1.82) is 0 Å². The number of aryl methyl sites for hydroxylation is 1. The van der Waals surface area contributed by atoms with Crippen LogP contribution in [0.1, 0.15) is 17.5 Å². The van der Waals surface area contributed by atoms with E-state index >= 15 is 0 Å². The fraction of sp³-hybridized carbons (Fsp3) is 0.300. The number of hydrogen-bond acceptors (Lipinski definition) is 3. The van der Waals surface area contributed by atoms with Crippen LogP contribution in [0.2, 0.25) is 0 Å². The van der Waals surface area contributed by atoms with Crippen LogP contribution in [0.25, 0.3) is 0 Å². The van der Waals surface area contributed by atoms with E-state index in [4.69, 9.17) is 4.74 Å². The summed E-state index contributed by atoms with van der Waals surface area (Å²) in [5.74, 6) is -2.23. The maximum atomic E-state index is 13.6. The second kappa shape index (κ2) is 9.56. The van der Waals surface area contributed by atoms with E-state index in [-0.39, 0.29) is 24.6 Å². The molecule has 0 saturated carbocycles. The number of benzene rings is 2. The molecule has 5 nitrogen and oxygen atoms in total. The fourth-order valence-electron chi connectivity index (χ4n) is 2.59. The normalized spacial score (nSPS) is 11.6. The molecule has 0 heterocycles. The molecule has 0 radical (unpaired) electrons. The zero-order chi connectivity index (χ0) is 18.9. The summed E-state index contributed by atoms with van der Waals surface area (Å²) in [4.78, 5) is 23.4. The first kappa shape index (κ1) is 19.4. The number of rotatable bonds is 9. The largest absolute Gasteiger partial charge is 0.494 e. The average Bonchev–Trinajstić information content (AvgIpc) is 2.64. The summed E-state index contributed by atoms with van der Waals surface area (Å²) in [6, 6.07) is 13.8. The average molecular weight is 359 g/mol. The lowest BCUT2D eigenvalue weighted by Gasteiger charge is -2.13. The highest BCUT2D eigenvalue weighted by Crippen LogP contribution is 2.18. The van der Waals surface area contributed by atoms with Gasteiger partial charge in [-0.05, 0) is 36.1 Å². The number of aliphatic carboxylic acids is 1. The van der Waals surface area contributed by atoms with Crippen LogP contribution in [-0.4, -0.2) is 30.6 Å². The van der Waals surface area contributed by atoms with Gasteiger partial charge in [0.05, 0.1) is 13.0 Å². The number of amides is 1. The Bertz CT molecular complexity index is 749. The molecule has 2 rings (SSSR count). The van der Waals surface area contributed by atoms with Crippen molar-refractivity contribution in [2.24, 2.45) is 5.92 Å². The summed E-state index contributed by atoms with van der Waals surface area (Å²) >= 11 is 0. The third kappa shape index (κ3) is 5.88. The van der Waals surface area contributed by atoms with Crippen LogP contribution in [0.5, 0.6) is 5.75 Å². The summed E-state index contributed by atoms with van der Waals surface area (Å²) in [6.45, 7) is 0.0556. The number of methoxy groups -OCH3 is 1. The van der Waals surface area contributed by atoms with Crippen molar-refractivity contribution < 1.29 is 23.8 Å². The van der Waals surface area contributed by atoms with Crippen LogP contribution < -0.4 is 10.1 Å². The Hall–Kier alpha value is -2.89. The second-order valence-electron chi connectivity index (χ2n) is 6.00. The highest BCUT2D eigenvalue weighted by Gasteiger charge is 2.19. The quantitative estimate of drug-likeness (QED) is 0.722. The van der Waals surface area contributed by atoms with Crippen LogP contribution in [0, 0.1) is 11.7 Å². The Labute approximate surface area is 151 Å². The van der Waals surface area contributed by atoms with Crippen molar-refractivity contribution in [3.05, 3.63) is 65.5 Å². The predicted molar refractivity (Wildman–Crippen MR) is 95.6 cm³/mol. The lowest BCUT2D eigenvalue weighted by atomic mass is 9.99. The molecule has 26 heavy (non-hydrogen) atoms. The lowest BCUT2D eigenvalue weighted by Crippen LogP contribution is -2.34. The maximum absolute atomic E-state index is 13.6. The molecule has 2 aromatic rings. The van der Waals surface area contributed by atoms with Gasteiger partial charge < -0.3 is 15.2 Å². The van der Waals surface area contributed by atoms with Crippen molar-refractivity contribution in [1.82, 2.24) is 5.32 Å². The van der Waals surface area contributed by atoms with Gasteiger partial charge in [-0.15, -0.1) is 0 Å². The van der Waals surface area contributed by atoms with Crippen molar-refractivity contribution in [3.8, 4) is 5.75 Å². The number of carboxylic acid groups (broad SMARTS) is 1. The van der Waals surface area contributed by atoms with E-state index in [1.807, 2.05) is 30.3 Å². The number of nitrogens with one attached hydrogen (secondary N) is 1. The zero-order valence-electron chi connectivity index (χ0n) is 14.6. The molecule has 0 aromatic heterocycles. The molecule has 0 bridgehead atoms. The smallest absolute Gasteiger partial charge is 0.308 e. The maximum Gasteiger partial charge on any atom is 0.308 e. The molecule has 138 valence electrons. The van der Waals surface area contributed by atoms with Crippen molar-refractivity contribution >= 4 is 11.9 Å². The number of carboxylic acids is 1. The summed E-state index contributed by atoms with van der Waals surface area (Å²) in [5, 5.41) is 12.0. The van der Waals surface area contributed by atoms with Crippen molar-refractivity contribution in [3.63, 3.8) is 0 Å². The van der Waals surface area contributed by atoms with E-state index in [0.29, 0.717) is 18.4 Å². The predicted octanol–water partition coefficient (Wildman–Crippen LogP) is 2.83. The van der Waals surface area contributed by atoms with Crippen molar-refractivity contribution in [2.45, 2.75) is 19.3 Å². The Kier molecular flexibility index (Phi) is 7.14. The summed E-state index contributed by atoms with van der Waals surface area (Å²) in [5.41, 5.74) is 1.58. The topological polar surface area (TPSA) is 75.6 Å². The lowest BCUT2D eigenvalue weighted by molar-refractivity contribution is -0.141. The van der Waals surface area contributed by atoms with Gasteiger partial charge in [0.1, 0.15) is 0 Å². The molecular formula is C20H22FNO4. The standard InChI is InChI=1S/C20H22FNO4/c1-26-18-9-7-15(12-17(18)21)8-10-19(23)22-13-16(20(24)25)11-14-5-3-2-4-6-14/h2-7,9,12,16H,8,10-11,13H2,1H3,(H,22,23)(H,24,25)/t16-/m1/s1. The molecule has 0 aliphatic carbocycles. The Balaban J connectivity index is 1.82.